The van der Waals surface area contributed by atoms with Gasteiger partial charge in [-0.25, -0.2) is 14.4 Å². The maximum Gasteiger partial charge on any atom is 0.261 e. The standard InChI is InChI=1S/C28H28ClFN6O3/c1-28(6-9-39-28)16-35-14-17(13-31-35)22-15-34(8-10-38-22)24-12-20-26(32-23-3-2-7-36(23)27(20)37)25(33-24)19-5-4-18(29)11-21(19)30/h4-5,11-14,22H,2-3,6-10,15-16H2,1H3/t22-,28?/m1/s1. The second-order valence-corrected chi connectivity index (χ2v) is 11.2. The SMILES string of the molecule is CC1(Cn2cc([C@H]3CN(c4cc5c(=O)n6c(nc5c(-c5ccc(Cl)cc5F)n4)CCC6)CCO3)cn2)CCO1. The number of fused-ring (bicyclic) bond motifs is 2. The van der Waals surface area contributed by atoms with Crippen LogP contribution >= 0.6 is 11.6 Å². The fourth-order valence-electron chi connectivity index (χ4n) is 5.71. The number of morpholine rings is 1. The van der Waals surface area contributed by atoms with Crippen LogP contribution in [0.4, 0.5) is 10.2 Å². The van der Waals surface area contributed by atoms with Crippen LogP contribution in [0.1, 0.15) is 37.3 Å². The number of rotatable bonds is 5. The molecule has 3 aliphatic heterocycles. The first-order valence-corrected chi connectivity index (χ1v) is 13.7. The summed E-state index contributed by atoms with van der Waals surface area (Å²) in [4.78, 5) is 25.3. The Labute approximate surface area is 229 Å². The van der Waals surface area contributed by atoms with Gasteiger partial charge in [-0.15, -0.1) is 0 Å². The number of anilines is 1. The highest BCUT2D eigenvalue weighted by Gasteiger charge is 2.34. The van der Waals surface area contributed by atoms with E-state index in [1.807, 2.05) is 17.1 Å². The van der Waals surface area contributed by atoms with Crippen LogP contribution in [0.15, 0.2) is 41.5 Å². The predicted octanol–water partition coefficient (Wildman–Crippen LogP) is 4.15. The van der Waals surface area contributed by atoms with Gasteiger partial charge in [0, 0.05) is 54.8 Å². The smallest absolute Gasteiger partial charge is 0.261 e. The minimum atomic E-state index is -0.507. The van der Waals surface area contributed by atoms with Crippen LogP contribution < -0.4 is 10.5 Å². The van der Waals surface area contributed by atoms with Crippen molar-refractivity contribution in [1.29, 1.82) is 0 Å². The summed E-state index contributed by atoms with van der Waals surface area (Å²) in [7, 11) is 0. The molecule has 4 aromatic rings. The van der Waals surface area contributed by atoms with Crippen LogP contribution in [0, 0.1) is 5.82 Å². The van der Waals surface area contributed by atoms with Gasteiger partial charge in [0.05, 0.1) is 36.9 Å². The molecule has 0 radical (unpaired) electrons. The van der Waals surface area contributed by atoms with E-state index in [0.717, 1.165) is 25.0 Å². The summed E-state index contributed by atoms with van der Waals surface area (Å²) in [5.74, 6) is 0.787. The van der Waals surface area contributed by atoms with E-state index in [2.05, 4.69) is 16.9 Å². The third kappa shape index (κ3) is 4.40. The molecular weight excluding hydrogens is 523 g/mol. The van der Waals surface area contributed by atoms with Gasteiger partial charge in [-0.3, -0.25) is 14.0 Å². The molecule has 3 aromatic heterocycles. The van der Waals surface area contributed by atoms with E-state index in [1.165, 1.54) is 6.07 Å². The summed E-state index contributed by atoms with van der Waals surface area (Å²) in [6.07, 6.45) is 6.18. The van der Waals surface area contributed by atoms with Crippen LogP contribution in [0.5, 0.6) is 0 Å². The molecule has 39 heavy (non-hydrogen) atoms. The molecule has 7 rings (SSSR count). The first-order valence-electron chi connectivity index (χ1n) is 13.3. The summed E-state index contributed by atoms with van der Waals surface area (Å²) in [5.41, 5.74) is 1.69. The van der Waals surface area contributed by atoms with E-state index in [4.69, 9.17) is 31.0 Å². The molecule has 9 nitrogen and oxygen atoms in total. The average Bonchev–Trinajstić information content (AvgIpc) is 3.58. The maximum absolute atomic E-state index is 15.2. The summed E-state index contributed by atoms with van der Waals surface area (Å²) < 4.78 is 30.6. The summed E-state index contributed by atoms with van der Waals surface area (Å²) >= 11 is 6.04. The van der Waals surface area contributed by atoms with E-state index in [9.17, 15) is 4.79 Å². The molecule has 0 N–H and O–H groups in total. The molecule has 1 aromatic carbocycles. The van der Waals surface area contributed by atoms with Crippen molar-refractivity contribution < 1.29 is 13.9 Å². The van der Waals surface area contributed by atoms with Gasteiger partial charge in [0.1, 0.15) is 34.8 Å². The second-order valence-electron chi connectivity index (χ2n) is 10.8. The lowest BCUT2D eigenvalue weighted by Crippen LogP contribution is -2.44. The molecule has 3 aliphatic rings. The number of aromatic nitrogens is 5. The molecule has 1 unspecified atom stereocenters. The minimum absolute atomic E-state index is 0.121. The third-order valence-electron chi connectivity index (χ3n) is 7.97. The minimum Gasteiger partial charge on any atom is -0.373 e. The van der Waals surface area contributed by atoms with Crippen molar-refractivity contribution in [1.82, 2.24) is 24.3 Å². The van der Waals surface area contributed by atoms with Crippen molar-refractivity contribution in [2.75, 3.05) is 31.2 Å². The van der Waals surface area contributed by atoms with Gasteiger partial charge < -0.3 is 14.4 Å². The van der Waals surface area contributed by atoms with Crippen molar-refractivity contribution in [3.05, 3.63) is 69.2 Å². The van der Waals surface area contributed by atoms with Crippen molar-refractivity contribution in [3.8, 4) is 11.3 Å². The van der Waals surface area contributed by atoms with Gasteiger partial charge in [-0.2, -0.15) is 5.10 Å². The Kier molecular flexibility index (Phi) is 5.94. The van der Waals surface area contributed by atoms with Gasteiger partial charge in [-0.1, -0.05) is 11.6 Å². The number of hydrogen-bond donors (Lipinski definition) is 0. The largest absolute Gasteiger partial charge is 0.373 e. The molecule has 2 atom stereocenters. The lowest BCUT2D eigenvalue weighted by Gasteiger charge is -2.38. The third-order valence-corrected chi connectivity index (χ3v) is 8.20. The Morgan fingerprint density at radius 2 is 2.08 bits per heavy atom. The number of halogens is 2. The molecule has 0 aliphatic carbocycles. The number of nitrogens with zero attached hydrogens (tertiary/aromatic N) is 6. The number of hydrogen-bond acceptors (Lipinski definition) is 7. The Morgan fingerprint density at radius 3 is 2.87 bits per heavy atom. The van der Waals surface area contributed by atoms with E-state index >= 15 is 4.39 Å². The van der Waals surface area contributed by atoms with Crippen LogP contribution in [-0.4, -0.2) is 56.2 Å². The van der Waals surface area contributed by atoms with Gasteiger partial charge in [0.25, 0.3) is 5.56 Å². The molecular formula is C28H28ClFN6O3. The second kappa shape index (κ2) is 9.39. The molecule has 0 spiro atoms. The summed E-state index contributed by atoms with van der Waals surface area (Å²) in [6, 6.07) is 6.26. The highest BCUT2D eigenvalue weighted by Crippen LogP contribution is 2.34. The zero-order valence-corrected chi connectivity index (χ0v) is 22.3. The van der Waals surface area contributed by atoms with Crippen LogP contribution in [0.25, 0.3) is 22.2 Å². The topological polar surface area (TPSA) is 87.3 Å². The Balaban J connectivity index is 1.27. The number of aryl methyl sites for hydroxylation is 1. The van der Waals surface area contributed by atoms with Crippen molar-refractivity contribution in [2.45, 2.75) is 51.0 Å². The number of benzene rings is 1. The molecule has 6 heterocycles. The van der Waals surface area contributed by atoms with Gasteiger partial charge in [-0.05, 0) is 37.6 Å². The maximum atomic E-state index is 15.2. The molecule has 2 saturated heterocycles. The van der Waals surface area contributed by atoms with Crippen LogP contribution in [0.3, 0.4) is 0 Å². The number of ether oxygens (including phenoxy) is 2. The van der Waals surface area contributed by atoms with Gasteiger partial charge >= 0.3 is 0 Å². The molecule has 0 amide bonds. The fraction of sp³-hybridized carbons (Fsp3) is 0.429. The van der Waals surface area contributed by atoms with E-state index in [0.29, 0.717) is 72.5 Å². The van der Waals surface area contributed by atoms with Gasteiger partial charge in [0.15, 0.2) is 0 Å². The number of pyridine rings is 1. The van der Waals surface area contributed by atoms with E-state index in [-0.39, 0.29) is 22.8 Å². The van der Waals surface area contributed by atoms with Crippen LogP contribution in [-0.2, 0) is 29.0 Å². The lowest BCUT2D eigenvalue weighted by molar-refractivity contribution is -0.144. The quantitative estimate of drug-likeness (QED) is 0.369. The van der Waals surface area contributed by atoms with Gasteiger partial charge in [0.2, 0.25) is 0 Å². The Hall–Kier alpha value is -3.34. The zero-order chi connectivity index (χ0) is 26.7. The van der Waals surface area contributed by atoms with Crippen molar-refractivity contribution in [3.63, 3.8) is 0 Å². The highest BCUT2D eigenvalue weighted by molar-refractivity contribution is 6.30. The first-order chi connectivity index (χ1) is 18.9. The Bertz CT molecular complexity index is 1650. The summed E-state index contributed by atoms with van der Waals surface area (Å²) in [5, 5.41) is 5.25. The predicted molar refractivity (Wildman–Crippen MR) is 145 cm³/mol. The first kappa shape index (κ1) is 24.7. The molecule has 0 bridgehead atoms. The zero-order valence-electron chi connectivity index (χ0n) is 21.6. The van der Waals surface area contributed by atoms with Crippen molar-refractivity contribution in [2.24, 2.45) is 0 Å². The average molecular weight is 551 g/mol. The summed E-state index contributed by atoms with van der Waals surface area (Å²) in [6.45, 7) is 5.77. The molecule has 2 fully saturated rings. The highest BCUT2D eigenvalue weighted by atomic mass is 35.5. The van der Waals surface area contributed by atoms with Crippen LogP contribution in [0.2, 0.25) is 5.02 Å². The normalized spacial score (nSPS) is 22.7. The van der Waals surface area contributed by atoms with Crippen molar-refractivity contribution >= 4 is 28.3 Å². The fourth-order valence-corrected chi connectivity index (χ4v) is 5.87. The molecule has 202 valence electrons. The molecule has 0 saturated carbocycles. The lowest BCUT2D eigenvalue weighted by atomic mass is 9.98. The Morgan fingerprint density at radius 1 is 1.21 bits per heavy atom. The van der Waals surface area contributed by atoms with E-state index in [1.54, 1.807) is 22.8 Å². The van der Waals surface area contributed by atoms with E-state index < -0.39 is 5.82 Å². The molecule has 11 heteroatoms. The monoisotopic (exact) mass is 550 g/mol.